The molecule has 0 spiro atoms. The molecular formula is C19H34O2. The number of carbonyl (C=O) groups is 1. The molecule has 0 aromatic heterocycles. The topological polar surface area (TPSA) is 26.3 Å². The van der Waals surface area contributed by atoms with Crippen LogP contribution in [0.4, 0.5) is 0 Å². The summed E-state index contributed by atoms with van der Waals surface area (Å²) in [6.07, 6.45) is 14.6. The number of rotatable bonds is 9. The molecule has 0 unspecified atom stereocenters. The van der Waals surface area contributed by atoms with Crippen molar-refractivity contribution in [1.82, 2.24) is 0 Å². The Morgan fingerprint density at radius 1 is 1.14 bits per heavy atom. The molecule has 21 heavy (non-hydrogen) atoms. The zero-order valence-electron chi connectivity index (χ0n) is 14.3. The highest BCUT2D eigenvalue weighted by atomic mass is 16.5. The van der Waals surface area contributed by atoms with Crippen LogP contribution in [-0.4, -0.2) is 12.1 Å². The second-order valence-electron chi connectivity index (χ2n) is 6.50. The van der Waals surface area contributed by atoms with Gasteiger partial charge in [0, 0.05) is 12.8 Å². The van der Waals surface area contributed by atoms with Gasteiger partial charge in [-0.3, -0.25) is 4.79 Å². The van der Waals surface area contributed by atoms with E-state index in [-0.39, 0.29) is 12.1 Å². The van der Waals surface area contributed by atoms with Crippen molar-refractivity contribution >= 4 is 5.97 Å². The standard InChI is InChI=1S/C19H34O2/c1-4-6-7-8-9-10-12-19(20)21-18-14-13-16(3)17(15-18)11-5-2/h11,16,18H,4-10,12-15H2,1-3H3/b17-11-/t16-,18+/m1/s1. The van der Waals surface area contributed by atoms with Gasteiger partial charge in [-0.05, 0) is 31.6 Å². The minimum Gasteiger partial charge on any atom is -0.462 e. The zero-order chi connectivity index (χ0) is 15.5. The average molecular weight is 294 g/mol. The normalized spacial score (nSPS) is 24.2. The molecule has 0 bridgehead atoms. The fraction of sp³-hybridized carbons (Fsp3) is 0.842. The van der Waals surface area contributed by atoms with Gasteiger partial charge in [0.25, 0.3) is 0 Å². The van der Waals surface area contributed by atoms with Crippen molar-refractivity contribution in [2.24, 2.45) is 5.92 Å². The Morgan fingerprint density at radius 3 is 2.57 bits per heavy atom. The molecule has 0 aromatic rings. The average Bonchev–Trinajstić information content (AvgIpc) is 2.46. The van der Waals surface area contributed by atoms with Crippen LogP contribution in [0, 0.1) is 5.92 Å². The Hall–Kier alpha value is -0.790. The summed E-state index contributed by atoms with van der Waals surface area (Å²) in [5.74, 6) is 0.680. The minimum atomic E-state index is 0.0147. The van der Waals surface area contributed by atoms with Crippen LogP contribution in [-0.2, 0) is 9.53 Å². The highest BCUT2D eigenvalue weighted by molar-refractivity contribution is 5.69. The van der Waals surface area contributed by atoms with Gasteiger partial charge in [0.15, 0.2) is 0 Å². The zero-order valence-corrected chi connectivity index (χ0v) is 14.3. The third-order valence-electron chi connectivity index (χ3n) is 4.52. The van der Waals surface area contributed by atoms with E-state index in [2.05, 4.69) is 26.8 Å². The summed E-state index contributed by atoms with van der Waals surface area (Å²) >= 11 is 0. The van der Waals surface area contributed by atoms with E-state index in [4.69, 9.17) is 4.74 Å². The molecule has 1 aliphatic carbocycles. The molecule has 1 aliphatic rings. The first-order valence-electron chi connectivity index (χ1n) is 9.05. The van der Waals surface area contributed by atoms with Gasteiger partial charge in [-0.25, -0.2) is 0 Å². The molecule has 1 fully saturated rings. The van der Waals surface area contributed by atoms with E-state index in [9.17, 15) is 4.79 Å². The lowest BCUT2D eigenvalue weighted by molar-refractivity contribution is -0.150. The maximum atomic E-state index is 11.9. The van der Waals surface area contributed by atoms with Crippen LogP contribution in [0.5, 0.6) is 0 Å². The van der Waals surface area contributed by atoms with Crippen molar-refractivity contribution in [2.75, 3.05) is 0 Å². The van der Waals surface area contributed by atoms with E-state index in [0.29, 0.717) is 12.3 Å². The molecule has 122 valence electrons. The summed E-state index contributed by atoms with van der Waals surface area (Å²) in [7, 11) is 0. The number of unbranched alkanes of at least 4 members (excludes halogenated alkanes) is 5. The van der Waals surface area contributed by atoms with Gasteiger partial charge in [0.05, 0.1) is 0 Å². The van der Waals surface area contributed by atoms with Crippen molar-refractivity contribution in [1.29, 1.82) is 0 Å². The maximum absolute atomic E-state index is 11.9. The smallest absolute Gasteiger partial charge is 0.306 e. The van der Waals surface area contributed by atoms with Gasteiger partial charge in [0.2, 0.25) is 0 Å². The lowest BCUT2D eigenvalue weighted by Gasteiger charge is -2.29. The third kappa shape index (κ3) is 7.68. The quantitative estimate of drug-likeness (QED) is 0.305. The van der Waals surface area contributed by atoms with E-state index in [1.807, 2.05) is 0 Å². The maximum Gasteiger partial charge on any atom is 0.306 e. The molecular weight excluding hydrogens is 260 g/mol. The highest BCUT2D eigenvalue weighted by Crippen LogP contribution is 2.31. The van der Waals surface area contributed by atoms with Gasteiger partial charge in [0.1, 0.15) is 6.10 Å². The van der Waals surface area contributed by atoms with Crippen LogP contribution in [0.1, 0.15) is 91.4 Å². The largest absolute Gasteiger partial charge is 0.462 e. The van der Waals surface area contributed by atoms with E-state index >= 15 is 0 Å². The van der Waals surface area contributed by atoms with Gasteiger partial charge in [-0.2, -0.15) is 0 Å². The van der Waals surface area contributed by atoms with E-state index in [0.717, 1.165) is 38.5 Å². The summed E-state index contributed by atoms with van der Waals surface area (Å²) in [4.78, 5) is 11.9. The van der Waals surface area contributed by atoms with Gasteiger partial charge in [-0.1, -0.05) is 64.5 Å². The summed E-state index contributed by atoms with van der Waals surface area (Å²) < 4.78 is 5.66. The predicted octanol–water partition coefficient (Wildman–Crippen LogP) is 5.81. The van der Waals surface area contributed by atoms with Crippen LogP contribution < -0.4 is 0 Å². The van der Waals surface area contributed by atoms with Crippen LogP contribution >= 0.6 is 0 Å². The summed E-state index contributed by atoms with van der Waals surface area (Å²) in [5, 5.41) is 0. The molecule has 0 saturated heterocycles. The molecule has 1 saturated carbocycles. The van der Waals surface area contributed by atoms with Crippen molar-refractivity contribution in [3.63, 3.8) is 0 Å². The number of hydrogen-bond acceptors (Lipinski definition) is 2. The Bertz CT molecular complexity index is 320. The van der Waals surface area contributed by atoms with Crippen LogP contribution in [0.2, 0.25) is 0 Å². The number of esters is 1. The van der Waals surface area contributed by atoms with E-state index in [1.54, 1.807) is 0 Å². The lowest BCUT2D eigenvalue weighted by atomic mass is 9.83. The monoisotopic (exact) mass is 294 g/mol. The molecule has 0 heterocycles. The summed E-state index contributed by atoms with van der Waals surface area (Å²) in [5.41, 5.74) is 1.49. The SMILES string of the molecule is CC/C=C1/C[C@@H](OC(=O)CCCCCCCC)CC[C@H]1C. The van der Waals surface area contributed by atoms with Crippen LogP contribution in [0.3, 0.4) is 0 Å². The van der Waals surface area contributed by atoms with Crippen molar-refractivity contribution in [3.05, 3.63) is 11.6 Å². The van der Waals surface area contributed by atoms with E-state index in [1.165, 1.54) is 31.3 Å². The predicted molar refractivity (Wildman–Crippen MR) is 89.3 cm³/mol. The molecule has 0 aliphatic heterocycles. The summed E-state index contributed by atoms with van der Waals surface area (Å²) in [6.45, 7) is 6.69. The number of allylic oxidation sites excluding steroid dienone is 1. The van der Waals surface area contributed by atoms with Crippen molar-refractivity contribution in [2.45, 2.75) is 97.5 Å². The molecule has 0 N–H and O–H groups in total. The second kappa shape index (κ2) is 10.9. The van der Waals surface area contributed by atoms with E-state index < -0.39 is 0 Å². The molecule has 0 aromatic carbocycles. The first-order chi connectivity index (χ1) is 10.2. The molecule has 0 amide bonds. The Morgan fingerprint density at radius 2 is 1.86 bits per heavy atom. The Balaban J connectivity index is 2.18. The molecule has 1 rings (SSSR count). The fourth-order valence-electron chi connectivity index (χ4n) is 3.13. The van der Waals surface area contributed by atoms with Gasteiger partial charge in [-0.15, -0.1) is 0 Å². The highest BCUT2D eigenvalue weighted by Gasteiger charge is 2.24. The molecule has 2 atom stereocenters. The third-order valence-corrected chi connectivity index (χ3v) is 4.52. The van der Waals surface area contributed by atoms with Crippen molar-refractivity contribution in [3.8, 4) is 0 Å². The molecule has 0 radical (unpaired) electrons. The minimum absolute atomic E-state index is 0.0147. The first-order valence-corrected chi connectivity index (χ1v) is 9.05. The Labute approximate surface area is 131 Å². The number of ether oxygens (including phenoxy) is 1. The molecule has 2 heteroatoms. The Kier molecular flexibility index (Phi) is 9.45. The van der Waals surface area contributed by atoms with Gasteiger partial charge >= 0.3 is 5.97 Å². The second-order valence-corrected chi connectivity index (χ2v) is 6.50. The lowest BCUT2D eigenvalue weighted by Crippen LogP contribution is -2.25. The summed E-state index contributed by atoms with van der Waals surface area (Å²) in [6, 6.07) is 0. The van der Waals surface area contributed by atoms with Crippen LogP contribution in [0.15, 0.2) is 11.6 Å². The first kappa shape index (κ1) is 18.3. The fourth-order valence-corrected chi connectivity index (χ4v) is 3.13. The molecule has 2 nitrogen and oxygen atoms in total. The number of carbonyl (C=O) groups excluding carboxylic acids is 1. The van der Waals surface area contributed by atoms with Crippen LogP contribution in [0.25, 0.3) is 0 Å². The number of hydrogen-bond donors (Lipinski definition) is 0. The van der Waals surface area contributed by atoms with Crippen molar-refractivity contribution < 1.29 is 9.53 Å². The van der Waals surface area contributed by atoms with Gasteiger partial charge < -0.3 is 4.74 Å².